The van der Waals surface area contributed by atoms with Crippen molar-refractivity contribution in [2.45, 2.75) is 37.4 Å². The average Bonchev–Trinajstić information content (AvgIpc) is 2.90. The van der Waals surface area contributed by atoms with Crippen molar-refractivity contribution in [1.82, 2.24) is 10.6 Å². The van der Waals surface area contributed by atoms with E-state index in [4.69, 9.17) is 5.73 Å². The van der Waals surface area contributed by atoms with Crippen LogP contribution in [0.5, 0.6) is 0 Å². The highest BCUT2D eigenvalue weighted by atomic mass is 16.5. The van der Waals surface area contributed by atoms with Gasteiger partial charge in [-0.3, -0.25) is 4.79 Å². The highest BCUT2D eigenvalue weighted by Crippen LogP contribution is 2.10. The molecule has 0 radical (unpaired) electrons. The molecule has 0 aromatic carbocycles. The highest BCUT2D eigenvalue weighted by Gasteiger charge is 2.38. The number of ether oxygens (including phenoxy) is 1. The molecule has 0 aliphatic carbocycles. The molecular weight excluding hydrogens is 238 g/mol. The molecule has 1 rings (SSSR count). The number of carbonyl (C=O) groups excluding carboxylic acids is 2. The summed E-state index contributed by atoms with van der Waals surface area (Å²) in [7, 11) is 1.20. The molecule has 0 bridgehead atoms. The number of amides is 1. The van der Waals surface area contributed by atoms with Gasteiger partial charge in [-0.1, -0.05) is 0 Å². The molecule has 104 valence electrons. The summed E-state index contributed by atoms with van der Waals surface area (Å²) in [6, 6.07) is -0.839. The molecule has 7 heteroatoms. The smallest absolute Gasteiger partial charge is 0.333 e. The first kappa shape index (κ1) is 14.9. The maximum atomic E-state index is 11.9. The van der Waals surface area contributed by atoms with Gasteiger partial charge in [0.25, 0.3) is 0 Å². The maximum absolute atomic E-state index is 11.9. The van der Waals surface area contributed by atoms with Crippen molar-refractivity contribution in [1.29, 1.82) is 0 Å². The lowest BCUT2D eigenvalue weighted by molar-refractivity contribution is -0.152. The second-order valence-electron chi connectivity index (χ2n) is 4.70. The van der Waals surface area contributed by atoms with Crippen molar-refractivity contribution in [3.8, 4) is 0 Å². The fraction of sp³-hybridized carbons (Fsp3) is 0.818. The largest absolute Gasteiger partial charge is 0.467 e. The van der Waals surface area contributed by atoms with Crippen LogP contribution in [0.1, 0.15) is 19.8 Å². The SMILES string of the molecule is COC(=O)[C@](C)(CO)NC(=O)[C@@H](N)[C@H]1CCCN1. The van der Waals surface area contributed by atoms with Crippen molar-refractivity contribution in [3.63, 3.8) is 0 Å². The van der Waals surface area contributed by atoms with E-state index in [1.807, 2.05) is 0 Å². The van der Waals surface area contributed by atoms with Gasteiger partial charge in [0.05, 0.1) is 19.8 Å². The number of esters is 1. The molecule has 18 heavy (non-hydrogen) atoms. The van der Waals surface area contributed by atoms with Crippen LogP contribution in [0.15, 0.2) is 0 Å². The normalized spacial score (nSPS) is 24.1. The van der Waals surface area contributed by atoms with E-state index in [0.29, 0.717) is 0 Å². The third-order valence-electron chi connectivity index (χ3n) is 3.19. The van der Waals surface area contributed by atoms with Crippen LogP contribution in [-0.4, -0.2) is 54.9 Å². The van der Waals surface area contributed by atoms with Crippen LogP contribution in [0, 0.1) is 0 Å². The monoisotopic (exact) mass is 259 g/mol. The number of hydrogen-bond donors (Lipinski definition) is 4. The predicted octanol–water partition coefficient (Wildman–Crippen LogP) is -1.89. The first-order valence-electron chi connectivity index (χ1n) is 5.95. The van der Waals surface area contributed by atoms with E-state index >= 15 is 0 Å². The van der Waals surface area contributed by atoms with Crippen LogP contribution in [0.3, 0.4) is 0 Å². The average molecular weight is 259 g/mol. The van der Waals surface area contributed by atoms with Crippen molar-refractivity contribution in [2.75, 3.05) is 20.3 Å². The zero-order chi connectivity index (χ0) is 13.8. The van der Waals surface area contributed by atoms with Crippen LogP contribution in [0.4, 0.5) is 0 Å². The summed E-state index contributed by atoms with van der Waals surface area (Å²) in [5.74, 6) is -1.18. The number of hydrogen-bond acceptors (Lipinski definition) is 6. The van der Waals surface area contributed by atoms with Gasteiger partial charge in [0, 0.05) is 6.04 Å². The van der Waals surface area contributed by atoms with E-state index in [-0.39, 0.29) is 6.04 Å². The quantitative estimate of drug-likeness (QED) is 0.429. The molecule has 5 N–H and O–H groups in total. The molecule has 0 spiro atoms. The van der Waals surface area contributed by atoms with Gasteiger partial charge in [0.15, 0.2) is 5.54 Å². The molecule has 1 heterocycles. The van der Waals surface area contributed by atoms with Gasteiger partial charge in [-0.2, -0.15) is 0 Å². The Labute approximate surface area is 106 Å². The van der Waals surface area contributed by atoms with Crippen LogP contribution >= 0.6 is 0 Å². The summed E-state index contributed by atoms with van der Waals surface area (Å²) < 4.78 is 4.54. The van der Waals surface area contributed by atoms with Gasteiger partial charge in [0.2, 0.25) is 5.91 Å². The summed E-state index contributed by atoms with van der Waals surface area (Å²) >= 11 is 0. The fourth-order valence-corrected chi connectivity index (χ4v) is 1.94. The number of nitrogens with one attached hydrogen (secondary N) is 2. The molecule has 1 aliphatic heterocycles. The molecule has 1 amide bonds. The van der Waals surface area contributed by atoms with E-state index in [9.17, 15) is 14.7 Å². The van der Waals surface area contributed by atoms with E-state index in [2.05, 4.69) is 15.4 Å². The first-order chi connectivity index (χ1) is 8.44. The number of carbonyl (C=O) groups is 2. The summed E-state index contributed by atoms with van der Waals surface area (Å²) in [5, 5.41) is 14.8. The summed E-state index contributed by atoms with van der Waals surface area (Å²) in [4.78, 5) is 23.4. The van der Waals surface area contributed by atoms with Crippen molar-refractivity contribution in [2.24, 2.45) is 5.73 Å². The maximum Gasteiger partial charge on any atom is 0.333 e. The van der Waals surface area contributed by atoms with Crippen molar-refractivity contribution >= 4 is 11.9 Å². The number of rotatable bonds is 5. The van der Waals surface area contributed by atoms with E-state index in [1.54, 1.807) is 0 Å². The Bertz CT molecular complexity index is 317. The Balaban J connectivity index is 2.63. The van der Waals surface area contributed by atoms with Crippen LogP contribution < -0.4 is 16.4 Å². The minimum absolute atomic E-state index is 0.0920. The molecule has 7 nitrogen and oxygen atoms in total. The zero-order valence-electron chi connectivity index (χ0n) is 10.7. The number of methoxy groups -OCH3 is 1. The third-order valence-corrected chi connectivity index (χ3v) is 3.19. The minimum Gasteiger partial charge on any atom is -0.467 e. The number of aliphatic hydroxyl groups is 1. The molecule has 3 atom stereocenters. The van der Waals surface area contributed by atoms with E-state index in [0.717, 1.165) is 19.4 Å². The van der Waals surface area contributed by atoms with Crippen LogP contribution in [-0.2, 0) is 14.3 Å². The predicted molar refractivity (Wildman–Crippen MR) is 64.6 cm³/mol. The lowest BCUT2D eigenvalue weighted by Gasteiger charge is -2.28. The molecular formula is C11H21N3O4. The lowest BCUT2D eigenvalue weighted by Crippen LogP contribution is -2.61. The van der Waals surface area contributed by atoms with Gasteiger partial charge < -0.3 is 26.2 Å². The van der Waals surface area contributed by atoms with Gasteiger partial charge >= 0.3 is 5.97 Å². The van der Waals surface area contributed by atoms with Gasteiger partial charge in [-0.15, -0.1) is 0 Å². The Hall–Kier alpha value is -1.18. The van der Waals surface area contributed by atoms with Crippen molar-refractivity contribution in [3.05, 3.63) is 0 Å². The first-order valence-corrected chi connectivity index (χ1v) is 5.95. The Morgan fingerprint density at radius 2 is 2.33 bits per heavy atom. The van der Waals surface area contributed by atoms with E-state index in [1.165, 1.54) is 14.0 Å². The molecule has 1 aliphatic rings. The molecule has 0 saturated carbocycles. The Morgan fingerprint density at radius 3 is 2.78 bits per heavy atom. The molecule has 0 unspecified atom stereocenters. The second-order valence-corrected chi connectivity index (χ2v) is 4.70. The Morgan fingerprint density at radius 1 is 1.67 bits per heavy atom. The van der Waals surface area contributed by atoms with Gasteiger partial charge in [0.1, 0.15) is 0 Å². The van der Waals surface area contributed by atoms with Crippen LogP contribution in [0.25, 0.3) is 0 Å². The van der Waals surface area contributed by atoms with Crippen molar-refractivity contribution < 1.29 is 19.4 Å². The summed E-state index contributed by atoms with van der Waals surface area (Å²) in [6.45, 7) is 1.68. The molecule has 0 aromatic rings. The fourth-order valence-electron chi connectivity index (χ4n) is 1.94. The Kier molecular flexibility index (Phi) is 5.06. The second kappa shape index (κ2) is 6.12. The van der Waals surface area contributed by atoms with Gasteiger partial charge in [-0.05, 0) is 26.3 Å². The standard InChI is InChI=1S/C11H21N3O4/c1-11(6-15,10(17)18-2)14-9(16)8(12)7-4-3-5-13-7/h7-8,13,15H,3-6,12H2,1-2H3,(H,14,16)/t7-,8+,11+/m1/s1. The van der Waals surface area contributed by atoms with E-state index < -0.39 is 30.1 Å². The number of nitrogens with two attached hydrogens (primary N) is 1. The van der Waals surface area contributed by atoms with Gasteiger partial charge in [-0.25, -0.2) is 4.79 Å². The molecule has 1 fully saturated rings. The van der Waals surface area contributed by atoms with Crippen LogP contribution in [0.2, 0.25) is 0 Å². The summed E-state index contributed by atoms with van der Waals surface area (Å²) in [5.41, 5.74) is 4.36. The minimum atomic E-state index is -1.46. The molecule has 0 aromatic heterocycles. The third kappa shape index (κ3) is 3.18. The topological polar surface area (TPSA) is 114 Å². The molecule has 1 saturated heterocycles. The summed E-state index contributed by atoms with van der Waals surface area (Å²) in [6.07, 6.45) is 1.79. The lowest BCUT2D eigenvalue weighted by atomic mass is 10.0. The zero-order valence-corrected chi connectivity index (χ0v) is 10.7. The highest BCUT2D eigenvalue weighted by molar-refractivity contribution is 5.90. The number of aliphatic hydroxyl groups excluding tert-OH is 1.